The van der Waals surface area contributed by atoms with E-state index in [1.165, 1.54) is 6.92 Å². The van der Waals surface area contributed by atoms with Crippen LogP contribution in [-0.2, 0) is 9.53 Å². The topological polar surface area (TPSA) is 26.3 Å². The van der Waals surface area contributed by atoms with E-state index < -0.39 is 53.5 Å². The molecule has 2 unspecified atom stereocenters. The summed E-state index contributed by atoms with van der Waals surface area (Å²) in [6.07, 6.45) is -11.2. The smallest absolute Gasteiger partial charge is 0.391 e. The first kappa shape index (κ1) is 21.7. The number of alkyl halides is 7. The number of carbonyl (C=O) groups is 1. The second-order valence-electron chi connectivity index (χ2n) is 4.62. The van der Waals surface area contributed by atoms with Crippen molar-refractivity contribution in [2.24, 2.45) is 5.92 Å². The van der Waals surface area contributed by atoms with Crippen LogP contribution in [0.25, 0.3) is 0 Å². The average Bonchev–Trinajstić information content (AvgIpc) is 2.35. The van der Waals surface area contributed by atoms with Crippen molar-refractivity contribution < 1.29 is 35.9 Å². The highest BCUT2D eigenvalue weighted by Gasteiger charge is 2.44. The van der Waals surface area contributed by atoms with Gasteiger partial charge in [-0.3, -0.25) is 0 Å². The van der Waals surface area contributed by atoms with E-state index >= 15 is 0 Å². The van der Waals surface area contributed by atoms with E-state index in [4.69, 9.17) is 11.6 Å². The van der Waals surface area contributed by atoms with Gasteiger partial charge in [0.25, 0.3) is 0 Å². The van der Waals surface area contributed by atoms with Crippen LogP contribution in [0.1, 0.15) is 32.6 Å². The molecule has 0 aliphatic rings. The van der Waals surface area contributed by atoms with E-state index in [1.807, 2.05) is 0 Å². The Labute approximate surface area is 133 Å². The summed E-state index contributed by atoms with van der Waals surface area (Å²) in [6, 6.07) is 0. The minimum Gasteiger partial charge on any atom is -0.467 e. The van der Waals surface area contributed by atoms with Crippen LogP contribution in [-0.4, -0.2) is 35.4 Å². The molecule has 22 heavy (non-hydrogen) atoms. The van der Waals surface area contributed by atoms with Crippen LogP contribution in [0, 0.1) is 5.92 Å². The first-order valence-electron chi connectivity index (χ1n) is 6.40. The maximum atomic E-state index is 12.7. The number of ether oxygens (including phenoxy) is 1. The maximum absolute atomic E-state index is 12.7. The van der Waals surface area contributed by atoms with E-state index in [0.29, 0.717) is 11.8 Å². The van der Waals surface area contributed by atoms with Gasteiger partial charge in [-0.2, -0.15) is 26.3 Å². The SMILES string of the molecule is CCC(CCC(Cl)(SCCC(F)(F)F)C(=O)OC)C(F)(F)F. The van der Waals surface area contributed by atoms with Gasteiger partial charge in [0.05, 0.1) is 19.4 Å². The number of esters is 1. The van der Waals surface area contributed by atoms with Crippen LogP contribution in [0.15, 0.2) is 0 Å². The molecule has 132 valence electrons. The summed E-state index contributed by atoms with van der Waals surface area (Å²) in [5.41, 5.74) is 0. The summed E-state index contributed by atoms with van der Waals surface area (Å²) in [4.78, 5) is 11.6. The normalized spacial score (nSPS) is 17.0. The van der Waals surface area contributed by atoms with Crippen molar-refractivity contribution in [3.63, 3.8) is 0 Å². The Hall–Kier alpha value is -0.310. The average molecular weight is 375 g/mol. The fourth-order valence-corrected chi connectivity index (χ4v) is 3.21. The largest absolute Gasteiger partial charge is 0.467 e. The monoisotopic (exact) mass is 374 g/mol. The summed E-state index contributed by atoms with van der Waals surface area (Å²) in [5, 5.41) is 0. The Balaban J connectivity index is 4.79. The number of carbonyl (C=O) groups excluding carboxylic acids is 1. The molecule has 0 bridgehead atoms. The standard InChI is InChI=1S/C12H17ClF6O2S/c1-3-8(12(17,18)19)4-5-10(13,9(20)21-2)22-7-6-11(14,15)16/h8H,3-7H2,1-2H3. The zero-order valence-corrected chi connectivity index (χ0v) is 13.6. The molecule has 2 nitrogen and oxygen atoms in total. The number of rotatable bonds is 8. The molecule has 0 saturated carbocycles. The predicted molar refractivity (Wildman–Crippen MR) is 72.8 cm³/mol. The molecule has 0 aromatic heterocycles. The van der Waals surface area contributed by atoms with Crippen molar-refractivity contribution in [3.05, 3.63) is 0 Å². The second-order valence-corrected chi connectivity index (χ2v) is 6.88. The molecule has 0 radical (unpaired) electrons. The quantitative estimate of drug-likeness (QED) is 0.334. The molecule has 0 N–H and O–H groups in total. The minimum absolute atomic E-state index is 0.204. The molecule has 10 heteroatoms. The molecule has 0 aromatic carbocycles. The lowest BCUT2D eigenvalue weighted by atomic mass is 9.98. The minimum atomic E-state index is -4.45. The Morgan fingerprint density at radius 1 is 1.18 bits per heavy atom. The molecule has 0 fully saturated rings. The fourth-order valence-electron chi connectivity index (χ4n) is 1.67. The zero-order valence-electron chi connectivity index (χ0n) is 12.0. The number of halogens is 7. The van der Waals surface area contributed by atoms with E-state index in [0.717, 1.165) is 7.11 Å². The molecule has 0 heterocycles. The van der Waals surface area contributed by atoms with Crippen LogP contribution >= 0.6 is 23.4 Å². The van der Waals surface area contributed by atoms with Crippen molar-refractivity contribution in [1.82, 2.24) is 0 Å². The second kappa shape index (κ2) is 8.52. The van der Waals surface area contributed by atoms with Crippen LogP contribution in [0.5, 0.6) is 0 Å². The summed E-state index contributed by atoms with van der Waals surface area (Å²) in [7, 11) is 0.977. The summed E-state index contributed by atoms with van der Waals surface area (Å²) in [6.45, 7) is 1.34. The number of methoxy groups -OCH3 is 1. The Kier molecular flexibility index (Phi) is 8.40. The van der Waals surface area contributed by atoms with Crippen LogP contribution in [0.2, 0.25) is 0 Å². The molecule has 0 aliphatic carbocycles. The third-order valence-corrected chi connectivity index (χ3v) is 4.88. The highest BCUT2D eigenvalue weighted by molar-refractivity contribution is 8.02. The van der Waals surface area contributed by atoms with Gasteiger partial charge >= 0.3 is 18.3 Å². The molecule has 0 amide bonds. The molecule has 0 rings (SSSR count). The lowest BCUT2D eigenvalue weighted by Crippen LogP contribution is -2.33. The van der Waals surface area contributed by atoms with Gasteiger partial charge in [0.1, 0.15) is 0 Å². The number of hydrogen-bond donors (Lipinski definition) is 0. The molecule has 2 atom stereocenters. The van der Waals surface area contributed by atoms with Crippen molar-refractivity contribution in [1.29, 1.82) is 0 Å². The molecular weight excluding hydrogens is 358 g/mol. The molecule has 0 aromatic rings. The Morgan fingerprint density at radius 3 is 2.09 bits per heavy atom. The van der Waals surface area contributed by atoms with Gasteiger partial charge in [0, 0.05) is 5.75 Å². The van der Waals surface area contributed by atoms with Gasteiger partial charge < -0.3 is 4.74 Å². The highest BCUT2D eigenvalue weighted by Crippen LogP contribution is 2.42. The van der Waals surface area contributed by atoms with E-state index in [9.17, 15) is 31.1 Å². The lowest BCUT2D eigenvalue weighted by molar-refractivity contribution is -0.177. The van der Waals surface area contributed by atoms with Gasteiger partial charge in [0.2, 0.25) is 0 Å². The van der Waals surface area contributed by atoms with Gasteiger partial charge in [-0.15, -0.1) is 11.8 Å². The molecule has 0 saturated heterocycles. The Bertz CT molecular complexity index is 361. The van der Waals surface area contributed by atoms with E-state index in [-0.39, 0.29) is 6.42 Å². The van der Waals surface area contributed by atoms with Crippen LogP contribution < -0.4 is 0 Å². The summed E-state index contributed by atoms with van der Waals surface area (Å²) in [5.74, 6) is -3.25. The fraction of sp³-hybridized carbons (Fsp3) is 0.917. The third kappa shape index (κ3) is 7.80. The first-order chi connectivity index (χ1) is 9.85. The highest BCUT2D eigenvalue weighted by atomic mass is 35.5. The predicted octanol–water partition coefficient (Wildman–Crippen LogP) is 5.15. The molecule has 0 aliphatic heterocycles. The van der Waals surface area contributed by atoms with Gasteiger partial charge in [-0.1, -0.05) is 18.5 Å². The van der Waals surface area contributed by atoms with Crippen LogP contribution in [0.4, 0.5) is 26.3 Å². The van der Waals surface area contributed by atoms with E-state index in [1.54, 1.807) is 0 Å². The zero-order chi connectivity index (χ0) is 17.6. The maximum Gasteiger partial charge on any atom is 0.391 e. The van der Waals surface area contributed by atoms with Crippen molar-refractivity contribution >= 4 is 29.3 Å². The summed E-state index contributed by atoms with van der Waals surface area (Å²) < 4.78 is 76.8. The molecule has 0 spiro atoms. The van der Waals surface area contributed by atoms with Crippen molar-refractivity contribution in [2.45, 2.75) is 49.2 Å². The Morgan fingerprint density at radius 2 is 1.73 bits per heavy atom. The van der Waals surface area contributed by atoms with Crippen molar-refractivity contribution in [2.75, 3.05) is 12.9 Å². The van der Waals surface area contributed by atoms with Gasteiger partial charge in [-0.25, -0.2) is 4.79 Å². The van der Waals surface area contributed by atoms with E-state index in [2.05, 4.69) is 4.74 Å². The van der Waals surface area contributed by atoms with Crippen molar-refractivity contribution in [3.8, 4) is 0 Å². The number of thioether (sulfide) groups is 1. The third-order valence-electron chi connectivity index (χ3n) is 2.98. The summed E-state index contributed by atoms with van der Waals surface area (Å²) >= 11 is 6.37. The number of hydrogen-bond acceptors (Lipinski definition) is 3. The molecular formula is C12H17ClF6O2S. The van der Waals surface area contributed by atoms with Crippen LogP contribution in [0.3, 0.4) is 0 Å². The van der Waals surface area contributed by atoms with Gasteiger partial charge in [0.15, 0.2) is 4.21 Å². The van der Waals surface area contributed by atoms with Gasteiger partial charge in [-0.05, 0) is 19.3 Å². The lowest BCUT2D eigenvalue weighted by Gasteiger charge is -2.26. The first-order valence-corrected chi connectivity index (χ1v) is 7.77.